The fourth-order valence-electron chi connectivity index (χ4n) is 2.31. The molecule has 4 nitrogen and oxygen atoms in total. The fourth-order valence-corrected chi connectivity index (χ4v) is 2.31. The van der Waals surface area contributed by atoms with Crippen molar-refractivity contribution in [2.24, 2.45) is 11.8 Å². The second-order valence-corrected chi connectivity index (χ2v) is 4.27. The van der Waals surface area contributed by atoms with Crippen LogP contribution < -0.4 is 11.3 Å². The van der Waals surface area contributed by atoms with Gasteiger partial charge in [-0.3, -0.25) is 11.3 Å². The first kappa shape index (κ1) is 11.9. The predicted molar refractivity (Wildman–Crippen MR) is 55.7 cm³/mol. The van der Waals surface area contributed by atoms with E-state index >= 15 is 0 Å². The maximum absolute atomic E-state index is 5.67. The first-order valence-electron chi connectivity index (χ1n) is 5.25. The van der Waals surface area contributed by atoms with Crippen molar-refractivity contribution in [1.82, 2.24) is 5.43 Å². The number of nitrogens with two attached hydrogens (primary N) is 1. The highest BCUT2D eigenvalue weighted by Crippen LogP contribution is 2.31. The summed E-state index contributed by atoms with van der Waals surface area (Å²) in [6, 6.07) is 0.191. The largest absolute Gasteiger partial charge is 0.381 e. The Kier molecular flexibility index (Phi) is 4.31. The van der Waals surface area contributed by atoms with Crippen molar-refractivity contribution in [2.45, 2.75) is 38.3 Å². The molecule has 0 bridgehead atoms. The minimum absolute atomic E-state index is 0.152. The highest BCUT2D eigenvalue weighted by atomic mass is 16.5. The van der Waals surface area contributed by atoms with Gasteiger partial charge in [0.2, 0.25) is 0 Å². The summed E-state index contributed by atoms with van der Waals surface area (Å²) in [5.41, 5.74) is 2.73. The van der Waals surface area contributed by atoms with E-state index in [1.807, 2.05) is 0 Å². The van der Waals surface area contributed by atoms with Crippen LogP contribution in [0.25, 0.3) is 0 Å². The standard InChI is InChI=1S/C10H22N2O2/c1-8(2)9(12-11)10(13-3)4-6-14-7-5-10/h8-9,12H,4-7,11H2,1-3H3. The third kappa shape index (κ3) is 2.25. The Morgan fingerprint density at radius 1 is 1.36 bits per heavy atom. The number of nitrogens with one attached hydrogen (secondary N) is 1. The van der Waals surface area contributed by atoms with Crippen LogP contribution in [0.4, 0.5) is 0 Å². The van der Waals surface area contributed by atoms with Gasteiger partial charge in [0.05, 0.1) is 11.6 Å². The normalized spacial score (nSPS) is 23.8. The van der Waals surface area contributed by atoms with Gasteiger partial charge in [-0.2, -0.15) is 0 Å². The molecule has 0 aromatic carbocycles. The van der Waals surface area contributed by atoms with Crippen LogP contribution in [0.5, 0.6) is 0 Å². The van der Waals surface area contributed by atoms with E-state index in [0.29, 0.717) is 5.92 Å². The van der Waals surface area contributed by atoms with Gasteiger partial charge in [0.1, 0.15) is 0 Å². The molecule has 1 aliphatic heterocycles. The number of rotatable bonds is 4. The second-order valence-electron chi connectivity index (χ2n) is 4.27. The lowest BCUT2D eigenvalue weighted by Crippen LogP contribution is -2.59. The number of hydrazine groups is 1. The topological polar surface area (TPSA) is 56.5 Å². The summed E-state index contributed by atoms with van der Waals surface area (Å²) in [5, 5.41) is 0. The van der Waals surface area contributed by atoms with E-state index in [1.54, 1.807) is 7.11 Å². The molecule has 1 fully saturated rings. The van der Waals surface area contributed by atoms with Crippen molar-refractivity contribution >= 4 is 0 Å². The maximum atomic E-state index is 5.67. The van der Waals surface area contributed by atoms with E-state index in [4.69, 9.17) is 15.3 Å². The molecule has 0 spiro atoms. The summed E-state index contributed by atoms with van der Waals surface area (Å²) in [7, 11) is 1.76. The SMILES string of the molecule is COC1(C(NN)C(C)C)CCOCC1. The van der Waals surface area contributed by atoms with Crippen LogP contribution in [-0.4, -0.2) is 32.0 Å². The summed E-state index contributed by atoms with van der Waals surface area (Å²) in [4.78, 5) is 0. The summed E-state index contributed by atoms with van der Waals surface area (Å²) in [6.45, 7) is 5.83. The molecule has 0 aromatic rings. The number of ether oxygens (including phenoxy) is 2. The van der Waals surface area contributed by atoms with Crippen LogP contribution >= 0.6 is 0 Å². The van der Waals surface area contributed by atoms with Gasteiger partial charge in [-0.1, -0.05) is 13.8 Å². The maximum Gasteiger partial charge on any atom is 0.0890 e. The number of hydrogen-bond acceptors (Lipinski definition) is 4. The molecule has 0 amide bonds. The molecule has 84 valence electrons. The molecule has 0 aliphatic carbocycles. The molecule has 0 radical (unpaired) electrons. The third-order valence-corrected chi connectivity index (χ3v) is 3.16. The zero-order chi connectivity index (χ0) is 10.6. The molecule has 1 atom stereocenters. The summed E-state index contributed by atoms with van der Waals surface area (Å²) >= 11 is 0. The molecule has 1 aliphatic rings. The van der Waals surface area contributed by atoms with Gasteiger partial charge in [0.15, 0.2) is 0 Å². The fraction of sp³-hybridized carbons (Fsp3) is 1.00. The van der Waals surface area contributed by atoms with E-state index in [2.05, 4.69) is 19.3 Å². The van der Waals surface area contributed by atoms with Crippen LogP contribution in [0.15, 0.2) is 0 Å². The quantitative estimate of drug-likeness (QED) is 0.519. The van der Waals surface area contributed by atoms with Crippen LogP contribution in [0.2, 0.25) is 0 Å². The first-order valence-corrected chi connectivity index (χ1v) is 5.25. The Balaban J connectivity index is 2.74. The lowest BCUT2D eigenvalue weighted by Gasteiger charge is -2.43. The van der Waals surface area contributed by atoms with Crippen molar-refractivity contribution in [2.75, 3.05) is 20.3 Å². The average molecular weight is 202 g/mol. The zero-order valence-corrected chi connectivity index (χ0v) is 9.38. The van der Waals surface area contributed by atoms with Crippen molar-refractivity contribution in [3.63, 3.8) is 0 Å². The van der Waals surface area contributed by atoms with Crippen molar-refractivity contribution in [3.8, 4) is 0 Å². The zero-order valence-electron chi connectivity index (χ0n) is 9.38. The number of hydrogen-bond donors (Lipinski definition) is 2. The molecule has 1 heterocycles. The van der Waals surface area contributed by atoms with E-state index in [9.17, 15) is 0 Å². The van der Waals surface area contributed by atoms with Crippen LogP contribution in [0, 0.1) is 5.92 Å². The van der Waals surface area contributed by atoms with Crippen LogP contribution in [-0.2, 0) is 9.47 Å². The van der Waals surface area contributed by atoms with Gasteiger partial charge in [0.25, 0.3) is 0 Å². The average Bonchev–Trinajstić information content (AvgIpc) is 2.19. The summed E-state index contributed by atoms with van der Waals surface area (Å²) < 4.78 is 11.0. The molecule has 3 N–H and O–H groups in total. The molecule has 0 saturated carbocycles. The monoisotopic (exact) mass is 202 g/mol. The molecule has 14 heavy (non-hydrogen) atoms. The predicted octanol–water partition coefficient (Wildman–Crippen LogP) is 0.670. The minimum atomic E-state index is -0.152. The molecule has 1 rings (SSSR count). The molecular formula is C10H22N2O2. The van der Waals surface area contributed by atoms with Gasteiger partial charge < -0.3 is 9.47 Å². The van der Waals surface area contributed by atoms with E-state index in [1.165, 1.54) is 0 Å². The minimum Gasteiger partial charge on any atom is -0.381 e. The van der Waals surface area contributed by atoms with Crippen molar-refractivity contribution < 1.29 is 9.47 Å². The van der Waals surface area contributed by atoms with E-state index < -0.39 is 0 Å². The summed E-state index contributed by atoms with van der Waals surface area (Å²) in [5.74, 6) is 6.05. The molecular weight excluding hydrogens is 180 g/mol. The second kappa shape index (κ2) is 5.07. The van der Waals surface area contributed by atoms with E-state index in [0.717, 1.165) is 26.1 Å². The first-order chi connectivity index (χ1) is 6.66. The Labute approximate surface area is 86.1 Å². The van der Waals surface area contributed by atoms with Gasteiger partial charge in [-0.05, 0) is 5.92 Å². The van der Waals surface area contributed by atoms with Gasteiger partial charge in [0, 0.05) is 33.2 Å². The highest BCUT2D eigenvalue weighted by Gasteiger charge is 2.41. The van der Waals surface area contributed by atoms with Gasteiger partial charge in [-0.15, -0.1) is 0 Å². The highest BCUT2D eigenvalue weighted by molar-refractivity contribution is 4.95. The lowest BCUT2D eigenvalue weighted by molar-refractivity contribution is -0.118. The Bertz CT molecular complexity index is 168. The van der Waals surface area contributed by atoms with E-state index in [-0.39, 0.29) is 11.6 Å². The Morgan fingerprint density at radius 3 is 2.29 bits per heavy atom. The van der Waals surface area contributed by atoms with Gasteiger partial charge >= 0.3 is 0 Å². The molecule has 1 saturated heterocycles. The van der Waals surface area contributed by atoms with Crippen LogP contribution in [0.3, 0.4) is 0 Å². The summed E-state index contributed by atoms with van der Waals surface area (Å²) in [6.07, 6.45) is 1.83. The smallest absolute Gasteiger partial charge is 0.0890 e. The Morgan fingerprint density at radius 2 is 1.93 bits per heavy atom. The van der Waals surface area contributed by atoms with Crippen LogP contribution in [0.1, 0.15) is 26.7 Å². The molecule has 4 heteroatoms. The third-order valence-electron chi connectivity index (χ3n) is 3.16. The lowest BCUT2D eigenvalue weighted by atomic mass is 9.80. The van der Waals surface area contributed by atoms with Gasteiger partial charge in [-0.25, -0.2) is 0 Å². The molecule has 1 unspecified atom stereocenters. The van der Waals surface area contributed by atoms with Crippen molar-refractivity contribution in [1.29, 1.82) is 0 Å². The Hall–Kier alpha value is -0.160. The number of methoxy groups -OCH3 is 1. The molecule has 0 aromatic heterocycles. The van der Waals surface area contributed by atoms with Crippen molar-refractivity contribution in [3.05, 3.63) is 0 Å².